The van der Waals surface area contributed by atoms with Crippen LogP contribution in [0.1, 0.15) is 63.0 Å². The van der Waals surface area contributed by atoms with Crippen LogP contribution in [0.5, 0.6) is 0 Å². The molecule has 1 fully saturated rings. The lowest BCUT2D eigenvalue weighted by Crippen LogP contribution is -2.22. The van der Waals surface area contributed by atoms with Crippen LogP contribution in [0.25, 0.3) is 5.57 Å². The average molecular weight is 363 g/mol. The van der Waals surface area contributed by atoms with E-state index in [1.54, 1.807) is 0 Å². The highest BCUT2D eigenvalue weighted by atomic mass is 79.9. The van der Waals surface area contributed by atoms with Crippen LogP contribution in [-0.2, 0) is 9.53 Å². The summed E-state index contributed by atoms with van der Waals surface area (Å²) in [5, 5.41) is 0. The molecule has 2 aliphatic rings. The molecule has 1 aromatic carbocycles. The fourth-order valence-corrected chi connectivity index (χ4v) is 4.00. The first-order chi connectivity index (χ1) is 10.6. The molecule has 1 unspecified atom stereocenters. The largest absolute Gasteiger partial charge is 0.494 e. The Morgan fingerprint density at radius 3 is 2.59 bits per heavy atom. The summed E-state index contributed by atoms with van der Waals surface area (Å²) in [5.74, 6) is 2.09. The summed E-state index contributed by atoms with van der Waals surface area (Å²) in [6.45, 7) is 4.52. The number of benzene rings is 1. The molecular weight excluding hydrogens is 340 g/mol. The maximum atomic E-state index is 11.7. The zero-order valence-electron chi connectivity index (χ0n) is 13.3. The number of aldehydes is 1. The van der Waals surface area contributed by atoms with E-state index in [4.69, 9.17) is 4.74 Å². The van der Waals surface area contributed by atoms with Crippen molar-refractivity contribution in [2.24, 2.45) is 5.92 Å². The highest BCUT2D eigenvalue weighted by Gasteiger charge is 2.28. The van der Waals surface area contributed by atoms with E-state index in [0.717, 1.165) is 52.8 Å². The van der Waals surface area contributed by atoms with Crippen molar-refractivity contribution in [2.75, 3.05) is 0 Å². The van der Waals surface area contributed by atoms with Crippen molar-refractivity contribution in [1.29, 1.82) is 0 Å². The van der Waals surface area contributed by atoms with E-state index in [1.165, 1.54) is 18.4 Å². The SMILES string of the molecule is CC1CCC(OC2=C(C=O)c3ccc(Br)cc3C(C)C2)CC1. The third kappa shape index (κ3) is 3.15. The molecule has 3 rings (SSSR count). The van der Waals surface area contributed by atoms with Crippen LogP contribution in [0.3, 0.4) is 0 Å². The molecule has 0 radical (unpaired) electrons. The van der Waals surface area contributed by atoms with Crippen LogP contribution >= 0.6 is 15.9 Å². The van der Waals surface area contributed by atoms with Gasteiger partial charge in [0.05, 0.1) is 11.7 Å². The van der Waals surface area contributed by atoms with Crippen molar-refractivity contribution >= 4 is 27.8 Å². The fourth-order valence-electron chi connectivity index (χ4n) is 3.62. The lowest BCUT2D eigenvalue weighted by Gasteiger charge is -2.32. The van der Waals surface area contributed by atoms with Gasteiger partial charge < -0.3 is 4.74 Å². The number of allylic oxidation sites excluding steroid dienone is 2. The maximum Gasteiger partial charge on any atom is 0.154 e. The van der Waals surface area contributed by atoms with Gasteiger partial charge >= 0.3 is 0 Å². The van der Waals surface area contributed by atoms with Crippen molar-refractivity contribution in [1.82, 2.24) is 0 Å². The Morgan fingerprint density at radius 2 is 1.91 bits per heavy atom. The lowest BCUT2D eigenvalue weighted by atomic mass is 9.83. The van der Waals surface area contributed by atoms with Crippen molar-refractivity contribution in [3.05, 3.63) is 39.6 Å². The van der Waals surface area contributed by atoms with Gasteiger partial charge in [-0.05, 0) is 60.8 Å². The third-order valence-corrected chi connectivity index (χ3v) is 5.51. The number of hydrogen-bond donors (Lipinski definition) is 0. The number of carbonyl (C=O) groups is 1. The van der Waals surface area contributed by atoms with Crippen molar-refractivity contribution in [3.8, 4) is 0 Å². The highest BCUT2D eigenvalue weighted by Crippen LogP contribution is 2.40. The summed E-state index contributed by atoms with van der Waals surface area (Å²) in [4.78, 5) is 11.7. The molecule has 3 heteroatoms. The van der Waals surface area contributed by atoms with Crippen molar-refractivity contribution in [2.45, 2.75) is 58.0 Å². The summed E-state index contributed by atoms with van der Waals surface area (Å²) >= 11 is 3.52. The number of carbonyl (C=O) groups excluding carboxylic acids is 1. The summed E-state index contributed by atoms with van der Waals surface area (Å²) in [6, 6.07) is 6.16. The monoisotopic (exact) mass is 362 g/mol. The Balaban J connectivity index is 1.88. The molecule has 0 bridgehead atoms. The molecule has 2 nitrogen and oxygen atoms in total. The molecule has 0 heterocycles. The molecule has 0 aromatic heterocycles. The standard InChI is InChI=1S/C19H23BrO2/c1-12-3-6-15(7-4-12)22-19-9-13(2)17-10-14(20)5-8-16(17)18(19)11-21/h5,8,10-13,15H,3-4,6-7,9H2,1-2H3. The predicted molar refractivity (Wildman–Crippen MR) is 92.7 cm³/mol. The Hall–Kier alpha value is -1.09. The van der Waals surface area contributed by atoms with Gasteiger partial charge in [-0.1, -0.05) is 35.8 Å². The van der Waals surface area contributed by atoms with E-state index < -0.39 is 0 Å². The van der Waals surface area contributed by atoms with Crippen LogP contribution in [0.15, 0.2) is 28.4 Å². The number of rotatable bonds is 3. The average Bonchev–Trinajstić information content (AvgIpc) is 2.50. The van der Waals surface area contributed by atoms with Crippen LogP contribution in [0.4, 0.5) is 0 Å². The first-order valence-electron chi connectivity index (χ1n) is 8.23. The van der Waals surface area contributed by atoms with Crippen LogP contribution in [0, 0.1) is 5.92 Å². The van der Waals surface area contributed by atoms with E-state index in [-0.39, 0.29) is 6.10 Å². The summed E-state index contributed by atoms with van der Waals surface area (Å²) < 4.78 is 7.34. The Bertz CT molecular complexity index is 597. The van der Waals surface area contributed by atoms with Crippen LogP contribution < -0.4 is 0 Å². The van der Waals surface area contributed by atoms with Gasteiger partial charge in [-0.3, -0.25) is 4.79 Å². The first-order valence-corrected chi connectivity index (χ1v) is 9.02. The molecule has 0 aliphatic heterocycles. The Labute approximate surface area is 141 Å². The molecule has 1 saturated carbocycles. The van der Waals surface area contributed by atoms with E-state index >= 15 is 0 Å². The smallest absolute Gasteiger partial charge is 0.154 e. The van der Waals surface area contributed by atoms with Crippen molar-refractivity contribution in [3.63, 3.8) is 0 Å². The van der Waals surface area contributed by atoms with Gasteiger partial charge in [-0.15, -0.1) is 0 Å². The molecule has 0 saturated heterocycles. The topological polar surface area (TPSA) is 26.3 Å². The minimum absolute atomic E-state index is 0.283. The fraction of sp³-hybridized carbons (Fsp3) is 0.526. The second-order valence-electron chi connectivity index (χ2n) is 6.79. The normalized spacial score (nSPS) is 28.2. The second kappa shape index (κ2) is 6.57. The third-order valence-electron chi connectivity index (χ3n) is 5.02. The van der Waals surface area contributed by atoms with Gasteiger partial charge in [0.15, 0.2) is 6.29 Å². The maximum absolute atomic E-state index is 11.7. The van der Waals surface area contributed by atoms with Gasteiger partial charge in [0.25, 0.3) is 0 Å². The Kier molecular flexibility index (Phi) is 4.72. The van der Waals surface area contributed by atoms with Gasteiger partial charge in [-0.25, -0.2) is 0 Å². The quantitative estimate of drug-likeness (QED) is 0.667. The Morgan fingerprint density at radius 1 is 1.18 bits per heavy atom. The van der Waals surface area contributed by atoms with E-state index in [0.29, 0.717) is 5.92 Å². The number of fused-ring (bicyclic) bond motifs is 1. The second-order valence-corrected chi connectivity index (χ2v) is 7.71. The molecule has 0 N–H and O–H groups in total. The summed E-state index contributed by atoms with van der Waals surface area (Å²) in [5.41, 5.74) is 3.02. The molecule has 1 atom stereocenters. The molecule has 2 aliphatic carbocycles. The van der Waals surface area contributed by atoms with E-state index in [1.807, 2.05) is 12.1 Å². The zero-order valence-corrected chi connectivity index (χ0v) is 14.9. The first kappa shape index (κ1) is 15.8. The minimum atomic E-state index is 0.283. The molecule has 118 valence electrons. The summed E-state index contributed by atoms with van der Waals surface area (Å²) in [6.07, 6.45) is 6.76. The molecule has 0 amide bonds. The van der Waals surface area contributed by atoms with Gasteiger partial charge in [0, 0.05) is 10.9 Å². The predicted octanol–water partition coefficient (Wildman–Crippen LogP) is 5.46. The molecular formula is C19H23BrO2. The van der Waals surface area contributed by atoms with E-state index in [2.05, 4.69) is 35.8 Å². The van der Waals surface area contributed by atoms with Gasteiger partial charge in [0.2, 0.25) is 0 Å². The minimum Gasteiger partial charge on any atom is -0.494 e. The number of ether oxygens (including phenoxy) is 1. The molecule has 22 heavy (non-hydrogen) atoms. The lowest BCUT2D eigenvalue weighted by molar-refractivity contribution is -0.103. The number of halogens is 1. The molecule has 0 spiro atoms. The number of hydrogen-bond acceptors (Lipinski definition) is 2. The highest BCUT2D eigenvalue weighted by molar-refractivity contribution is 9.10. The summed E-state index contributed by atoms with van der Waals surface area (Å²) in [7, 11) is 0. The van der Waals surface area contributed by atoms with Crippen LogP contribution in [-0.4, -0.2) is 12.4 Å². The van der Waals surface area contributed by atoms with Crippen molar-refractivity contribution < 1.29 is 9.53 Å². The van der Waals surface area contributed by atoms with Gasteiger partial charge in [0.1, 0.15) is 5.76 Å². The molecule has 1 aromatic rings. The van der Waals surface area contributed by atoms with Gasteiger partial charge in [-0.2, -0.15) is 0 Å². The zero-order chi connectivity index (χ0) is 15.7. The van der Waals surface area contributed by atoms with E-state index in [9.17, 15) is 4.79 Å². The van der Waals surface area contributed by atoms with Crippen LogP contribution in [0.2, 0.25) is 0 Å².